The first kappa shape index (κ1) is 16.2. The Morgan fingerprint density at radius 3 is 2.05 bits per heavy atom. The van der Waals surface area contributed by atoms with Gasteiger partial charge in [-0.25, -0.2) is 0 Å². The van der Waals surface area contributed by atoms with Crippen molar-refractivity contribution in [2.45, 2.75) is 55.1 Å². The second-order valence-corrected chi connectivity index (χ2v) is 5.41. The standard InChI is InChI=1S/C11H12F6O5/c12-10(13,14)9(11(15,16)17)1-6(22-9)21-5-3-20-7-4(18)2-19-8(5)7/h4-8,18H,1-3H2. The molecule has 5 unspecified atom stereocenters. The first-order chi connectivity index (χ1) is 10.1. The van der Waals surface area contributed by atoms with Crippen LogP contribution in [0.5, 0.6) is 0 Å². The summed E-state index contributed by atoms with van der Waals surface area (Å²) in [5, 5.41) is 9.48. The first-order valence-corrected chi connectivity index (χ1v) is 6.43. The molecule has 0 aliphatic carbocycles. The number of aliphatic hydroxyl groups excluding tert-OH is 1. The number of hydrogen-bond donors (Lipinski definition) is 1. The highest BCUT2D eigenvalue weighted by atomic mass is 19.4. The van der Waals surface area contributed by atoms with E-state index in [1.165, 1.54) is 0 Å². The van der Waals surface area contributed by atoms with E-state index in [4.69, 9.17) is 14.2 Å². The third kappa shape index (κ3) is 2.30. The van der Waals surface area contributed by atoms with Crippen molar-refractivity contribution >= 4 is 0 Å². The van der Waals surface area contributed by atoms with Gasteiger partial charge < -0.3 is 24.1 Å². The Balaban J connectivity index is 1.61. The van der Waals surface area contributed by atoms with E-state index in [9.17, 15) is 31.4 Å². The predicted octanol–water partition coefficient (Wildman–Crippen LogP) is 1.14. The smallest absolute Gasteiger partial charge is 0.388 e. The average Bonchev–Trinajstić information content (AvgIpc) is 2.84. The molecule has 0 spiro atoms. The van der Waals surface area contributed by atoms with Gasteiger partial charge in [-0.15, -0.1) is 0 Å². The fourth-order valence-corrected chi connectivity index (χ4v) is 2.81. The molecule has 3 saturated heterocycles. The molecule has 3 aliphatic heterocycles. The molecule has 0 bridgehead atoms. The number of alkyl halides is 6. The fourth-order valence-electron chi connectivity index (χ4n) is 2.81. The normalized spacial score (nSPS) is 41.3. The van der Waals surface area contributed by atoms with Gasteiger partial charge in [-0.2, -0.15) is 26.3 Å². The molecule has 3 rings (SSSR count). The number of halogens is 6. The molecule has 5 atom stereocenters. The van der Waals surface area contributed by atoms with Crippen LogP contribution in [-0.2, 0) is 18.9 Å². The third-order valence-corrected chi connectivity index (χ3v) is 4.01. The van der Waals surface area contributed by atoms with E-state index in [1.54, 1.807) is 0 Å². The SMILES string of the molecule is OC1COC2C(OC3CC(C(F)(F)F)(C(F)(F)F)O3)COC12. The largest absolute Gasteiger partial charge is 0.426 e. The number of aliphatic hydroxyl groups is 1. The molecule has 0 radical (unpaired) electrons. The van der Waals surface area contributed by atoms with Gasteiger partial charge in [0.2, 0.25) is 0 Å². The van der Waals surface area contributed by atoms with Crippen molar-refractivity contribution in [3.8, 4) is 0 Å². The molecule has 3 fully saturated rings. The Bertz CT molecular complexity index is 416. The molecule has 3 heterocycles. The summed E-state index contributed by atoms with van der Waals surface area (Å²) in [4.78, 5) is 0. The van der Waals surface area contributed by atoms with E-state index in [0.717, 1.165) is 0 Å². The Morgan fingerprint density at radius 1 is 0.955 bits per heavy atom. The summed E-state index contributed by atoms with van der Waals surface area (Å²) >= 11 is 0. The van der Waals surface area contributed by atoms with Gasteiger partial charge in [0.1, 0.15) is 24.4 Å². The lowest BCUT2D eigenvalue weighted by molar-refractivity contribution is -0.474. The number of hydrogen-bond acceptors (Lipinski definition) is 5. The van der Waals surface area contributed by atoms with Crippen molar-refractivity contribution < 1.29 is 50.4 Å². The average molecular weight is 338 g/mol. The molecular formula is C11H12F6O5. The van der Waals surface area contributed by atoms with Crippen molar-refractivity contribution in [3.63, 3.8) is 0 Å². The third-order valence-electron chi connectivity index (χ3n) is 4.01. The van der Waals surface area contributed by atoms with Gasteiger partial charge in [0.15, 0.2) is 6.29 Å². The zero-order valence-electron chi connectivity index (χ0n) is 10.9. The zero-order valence-corrected chi connectivity index (χ0v) is 10.9. The number of fused-ring (bicyclic) bond motifs is 1. The zero-order chi connectivity index (χ0) is 16.3. The van der Waals surface area contributed by atoms with E-state index in [0.29, 0.717) is 0 Å². The van der Waals surface area contributed by atoms with Gasteiger partial charge in [-0.1, -0.05) is 0 Å². The quantitative estimate of drug-likeness (QED) is 0.766. The van der Waals surface area contributed by atoms with Crippen LogP contribution < -0.4 is 0 Å². The molecule has 3 aliphatic rings. The van der Waals surface area contributed by atoms with Crippen LogP contribution in [0.3, 0.4) is 0 Å². The molecule has 0 aromatic carbocycles. The second-order valence-electron chi connectivity index (χ2n) is 5.41. The van der Waals surface area contributed by atoms with E-state index < -0.39 is 55.1 Å². The maximum absolute atomic E-state index is 12.6. The molecule has 5 nitrogen and oxygen atoms in total. The minimum atomic E-state index is -5.58. The molecule has 0 aromatic heterocycles. The topological polar surface area (TPSA) is 57.2 Å². The molecule has 0 amide bonds. The summed E-state index contributed by atoms with van der Waals surface area (Å²) < 4.78 is 95.2. The van der Waals surface area contributed by atoms with E-state index in [1.807, 2.05) is 0 Å². The van der Waals surface area contributed by atoms with Gasteiger partial charge in [0, 0.05) is 6.42 Å². The predicted molar refractivity (Wildman–Crippen MR) is 54.7 cm³/mol. The van der Waals surface area contributed by atoms with Gasteiger partial charge in [-0.05, 0) is 0 Å². The summed E-state index contributed by atoms with van der Waals surface area (Å²) in [6.07, 6.45) is -17.4. The molecule has 0 aromatic rings. The highest BCUT2D eigenvalue weighted by Gasteiger charge is 2.78. The Labute approximate surface area is 120 Å². The van der Waals surface area contributed by atoms with Crippen LogP contribution in [-0.4, -0.2) is 67.0 Å². The Hall–Kier alpha value is -0.620. The molecular weight excluding hydrogens is 326 g/mol. The van der Waals surface area contributed by atoms with Gasteiger partial charge in [-0.3, -0.25) is 0 Å². The Kier molecular flexibility index (Phi) is 3.64. The van der Waals surface area contributed by atoms with Crippen molar-refractivity contribution in [1.82, 2.24) is 0 Å². The van der Waals surface area contributed by atoms with Gasteiger partial charge in [0.05, 0.1) is 13.2 Å². The Morgan fingerprint density at radius 2 is 1.50 bits per heavy atom. The van der Waals surface area contributed by atoms with E-state index in [2.05, 4.69) is 4.74 Å². The van der Waals surface area contributed by atoms with E-state index in [-0.39, 0.29) is 13.2 Å². The lowest BCUT2D eigenvalue weighted by Crippen LogP contribution is -2.69. The molecule has 11 heteroatoms. The van der Waals surface area contributed by atoms with Crippen LogP contribution in [0.25, 0.3) is 0 Å². The molecule has 128 valence electrons. The summed E-state index contributed by atoms with van der Waals surface area (Å²) in [6.45, 7) is -0.132. The van der Waals surface area contributed by atoms with Gasteiger partial charge >= 0.3 is 12.4 Å². The van der Waals surface area contributed by atoms with Crippen LogP contribution in [0.15, 0.2) is 0 Å². The van der Waals surface area contributed by atoms with Crippen molar-refractivity contribution in [1.29, 1.82) is 0 Å². The van der Waals surface area contributed by atoms with Crippen LogP contribution >= 0.6 is 0 Å². The summed E-state index contributed by atoms with van der Waals surface area (Å²) in [6, 6.07) is 0. The minimum absolute atomic E-state index is 0.0320. The van der Waals surface area contributed by atoms with Gasteiger partial charge in [0.25, 0.3) is 5.60 Å². The number of rotatable bonds is 2. The lowest BCUT2D eigenvalue weighted by Gasteiger charge is -2.48. The lowest BCUT2D eigenvalue weighted by atomic mass is 9.91. The summed E-state index contributed by atoms with van der Waals surface area (Å²) in [5.74, 6) is 0. The van der Waals surface area contributed by atoms with E-state index >= 15 is 0 Å². The van der Waals surface area contributed by atoms with Crippen LogP contribution in [0.4, 0.5) is 26.3 Å². The van der Waals surface area contributed by atoms with Crippen LogP contribution in [0.2, 0.25) is 0 Å². The fraction of sp³-hybridized carbons (Fsp3) is 1.00. The maximum Gasteiger partial charge on any atom is 0.426 e. The molecule has 22 heavy (non-hydrogen) atoms. The monoisotopic (exact) mass is 338 g/mol. The van der Waals surface area contributed by atoms with Crippen molar-refractivity contribution in [2.24, 2.45) is 0 Å². The summed E-state index contributed by atoms with van der Waals surface area (Å²) in [5.41, 5.74) is -4.19. The summed E-state index contributed by atoms with van der Waals surface area (Å²) in [7, 11) is 0. The second kappa shape index (κ2) is 4.94. The highest BCUT2D eigenvalue weighted by Crippen LogP contribution is 2.55. The maximum atomic E-state index is 12.6. The van der Waals surface area contributed by atoms with Crippen molar-refractivity contribution in [3.05, 3.63) is 0 Å². The molecule has 0 saturated carbocycles. The van der Waals surface area contributed by atoms with Crippen LogP contribution in [0, 0.1) is 0 Å². The van der Waals surface area contributed by atoms with Crippen LogP contribution in [0.1, 0.15) is 6.42 Å². The van der Waals surface area contributed by atoms with Crippen molar-refractivity contribution in [2.75, 3.05) is 13.2 Å². The highest BCUT2D eigenvalue weighted by molar-refractivity contribution is 5.04. The number of ether oxygens (including phenoxy) is 4. The molecule has 1 N–H and O–H groups in total. The minimum Gasteiger partial charge on any atom is -0.388 e. The first-order valence-electron chi connectivity index (χ1n) is 6.43.